The number of aromatic carboxylic acids is 1. The van der Waals surface area contributed by atoms with Crippen molar-refractivity contribution in [2.45, 2.75) is 0 Å². The summed E-state index contributed by atoms with van der Waals surface area (Å²) in [4.78, 5) is 21.5. The summed E-state index contributed by atoms with van der Waals surface area (Å²) in [6, 6.07) is 7.16. The zero-order valence-corrected chi connectivity index (χ0v) is 11.1. The molecule has 0 radical (unpaired) electrons. The molecule has 0 amide bonds. The lowest BCUT2D eigenvalue weighted by atomic mass is 10.1. The lowest BCUT2D eigenvalue weighted by Gasteiger charge is -2.11. The minimum atomic E-state index is -1.41. The van der Waals surface area contributed by atoms with Crippen molar-refractivity contribution in [2.75, 3.05) is 5.32 Å². The van der Waals surface area contributed by atoms with E-state index in [4.69, 9.17) is 16.7 Å². The van der Waals surface area contributed by atoms with Gasteiger partial charge in [0.2, 0.25) is 0 Å². The average Bonchev–Trinajstić information content (AvgIpc) is 2.40. The standard InChI is InChI=1S/C13H8ClFN2O4/c14-9-5-6-10(17(20)21)12(11(9)13(18)19)16-8-3-1-7(15)2-4-8/h1-6,16H,(H,18,19). The second kappa shape index (κ2) is 5.76. The van der Waals surface area contributed by atoms with E-state index in [1.54, 1.807) is 0 Å². The molecule has 8 heteroatoms. The van der Waals surface area contributed by atoms with Crippen LogP contribution in [0, 0.1) is 15.9 Å². The van der Waals surface area contributed by atoms with E-state index in [-0.39, 0.29) is 10.7 Å². The number of halogens is 2. The van der Waals surface area contributed by atoms with Gasteiger partial charge in [-0.05, 0) is 30.3 Å². The van der Waals surface area contributed by atoms with E-state index in [2.05, 4.69) is 5.32 Å². The normalized spacial score (nSPS) is 10.2. The van der Waals surface area contributed by atoms with Crippen molar-refractivity contribution < 1.29 is 19.2 Å². The van der Waals surface area contributed by atoms with Gasteiger partial charge in [0.05, 0.1) is 9.95 Å². The van der Waals surface area contributed by atoms with Crippen molar-refractivity contribution in [1.82, 2.24) is 0 Å². The molecule has 0 atom stereocenters. The average molecular weight is 311 g/mol. The Balaban J connectivity index is 2.58. The van der Waals surface area contributed by atoms with E-state index in [1.165, 1.54) is 12.1 Å². The van der Waals surface area contributed by atoms with Crippen LogP contribution in [0.15, 0.2) is 36.4 Å². The summed E-state index contributed by atoms with van der Waals surface area (Å²) in [6.07, 6.45) is 0. The van der Waals surface area contributed by atoms with Gasteiger partial charge >= 0.3 is 5.97 Å². The minimum Gasteiger partial charge on any atom is -0.478 e. The molecule has 108 valence electrons. The van der Waals surface area contributed by atoms with Gasteiger partial charge in [0.15, 0.2) is 0 Å². The number of hydrogen-bond donors (Lipinski definition) is 2. The van der Waals surface area contributed by atoms with Gasteiger partial charge in [0, 0.05) is 11.8 Å². The van der Waals surface area contributed by atoms with Crippen LogP contribution in [-0.2, 0) is 0 Å². The highest BCUT2D eigenvalue weighted by molar-refractivity contribution is 6.34. The Morgan fingerprint density at radius 3 is 2.38 bits per heavy atom. The van der Waals surface area contributed by atoms with Crippen LogP contribution < -0.4 is 5.32 Å². The van der Waals surface area contributed by atoms with Crippen molar-refractivity contribution in [3.05, 3.63) is 62.9 Å². The van der Waals surface area contributed by atoms with Crippen molar-refractivity contribution in [2.24, 2.45) is 0 Å². The number of nitrogens with zero attached hydrogens (tertiary/aromatic N) is 1. The zero-order valence-electron chi connectivity index (χ0n) is 10.3. The van der Waals surface area contributed by atoms with Crippen molar-refractivity contribution in [3.8, 4) is 0 Å². The van der Waals surface area contributed by atoms with Crippen molar-refractivity contribution >= 4 is 34.6 Å². The molecule has 0 aliphatic heterocycles. The smallest absolute Gasteiger partial charge is 0.339 e. The number of nitro groups is 1. The van der Waals surface area contributed by atoms with E-state index < -0.39 is 28.0 Å². The Bertz CT molecular complexity index is 719. The molecular formula is C13H8ClFN2O4. The maximum absolute atomic E-state index is 12.9. The third kappa shape index (κ3) is 3.09. The van der Waals surface area contributed by atoms with E-state index in [0.29, 0.717) is 5.69 Å². The Labute approximate surface area is 122 Å². The largest absolute Gasteiger partial charge is 0.478 e. The first kappa shape index (κ1) is 14.7. The van der Waals surface area contributed by atoms with Gasteiger partial charge < -0.3 is 10.4 Å². The predicted octanol–water partition coefficient (Wildman–Crippen LogP) is 3.83. The Morgan fingerprint density at radius 1 is 1.24 bits per heavy atom. The molecule has 2 rings (SSSR count). The molecule has 0 aliphatic carbocycles. The van der Waals surface area contributed by atoms with Crippen molar-refractivity contribution in [3.63, 3.8) is 0 Å². The first-order valence-electron chi connectivity index (χ1n) is 5.63. The molecule has 0 bridgehead atoms. The van der Waals surface area contributed by atoms with Gasteiger partial charge in [-0.25, -0.2) is 9.18 Å². The molecule has 0 heterocycles. The van der Waals surface area contributed by atoms with E-state index in [1.807, 2.05) is 0 Å². The van der Waals surface area contributed by atoms with E-state index in [0.717, 1.165) is 24.3 Å². The Hall–Kier alpha value is -2.67. The number of benzene rings is 2. The fourth-order valence-electron chi connectivity index (χ4n) is 1.73. The maximum atomic E-state index is 12.9. The number of carbonyl (C=O) groups is 1. The van der Waals surface area contributed by atoms with Crippen LogP contribution in [0.4, 0.5) is 21.5 Å². The van der Waals surface area contributed by atoms with Crippen LogP contribution in [0.2, 0.25) is 5.02 Å². The Morgan fingerprint density at radius 2 is 1.86 bits per heavy atom. The Kier molecular flexibility index (Phi) is 4.04. The second-order valence-corrected chi connectivity index (χ2v) is 4.42. The van der Waals surface area contributed by atoms with Crippen molar-refractivity contribution in [1.29, 1.82) is 0 Å². The number of hydrogen-bond acceptors (Lipinski definition) is 4. The summed E-state index contributed by atoms with van der Waals surface area (Å²) >= 11 is 5.79. The highest BCUT2D eigenvalue weighted by atomic mass is 35.5. The second-order valence-electron chi connectivity index (χ2n) is 4.01. The molecule has 21 heavy (non-hydrogen) atoms. The van der Waals surface area contributed by atoms with Crippen LogP contribution in [-0.4, -0.2) is 16.0 Å². The van der Waals surface area contributed by atoms with Gasteiger partial charge in [-0.15, -0.1) is 0 Å². The summed E-state index contributed by atoms with van der Waals surface area (Å²) in [5, 5.41) is 22.6. The summed E-state index contributed by atoms with van der Waals surface area (Å²) in [5.41, 5.74) is -0.827. The van der Waals surface area contributed by atoms with Gasteiger partial charge in [-0.1, -0.05) is 11.6 Å². The molecule has 2 N–H and O–H groups in total. The molecule has 0 saturated carbocycles. The first-order valence-corrected chi connectivity index (χ1v) is 6.00. The van der Waals surface area contributed by atoms with Gasteiger partial charge in [-0.2, -0.15) is 0 Å². The summed E-state index contributed by atoms with van der Waals surface area (Å²) < 4.78 is 12.9. The van der Waals surface area contributed by atoms with Crippen LogP contribution >= 0.6 is 11.6 Å². The fraction of sp³-hybridized carbons (Fsp3) is 0. The molecule has 0 spiro atoms. The van der Waals surface area contributed by atoms with E-state index >= 15 is 0 Å². The highest BCUT2D eigenvalue weighted by Crippen LogP contribution is 2.35. The maximum Gasteiger partial charge on any atom is 0.339 e. The first-order chi connectivity index (χ1) is 9.90. The topological polar surface area (TPSA) is 92.5 Å². The SMILES string of the molecule is O=C(O)c1c(Cl)ccc([N+](=O)[O-])c1Nc1ccc(F)cc1. The molecule has 2 aromatic carbocycles. The summed E-state index contributed by atoms with van der Waals surface area (Å²) in [5.74, 6) is -1.90. The van der Waals surface area contributed by atoms with Gasteiger partial charge in [-0.3, -0.25) is 10.1 Å². The monoisotopic (exact) mass is 310 g/mol. The van der Waals surface area contributed by atoms with Gasteiger partial charge in [0.1, 0.15) is 17.1 Å². The molecule has 2 aromatic rings. The molecule has 0 unspecified atom stereocenters. The lowest BCUT2D eigenvalue weighted by Crippen LogP contribution is -2.07. The number of carboxylic acids is 1. The van der Waals surface area contributed by atoms with Gasteiger partial charge in [0.25, 0.3) is 5.69 Å². The number of carboxylic acid groups (broad SMARTS) is 1. The van der Waals surface area contributed by atoms with Crippen LogP contribution in [0.25, 0.3) is 0 Å². The number of nitrogens with one attached hydrogen (secondary N) is 1. The molecule has 0 aromatic heterocycles. The molecule has 0 saturated heterocycles. The number of anilines is 2. The summed E-state index contributed by atoms with van der Waals surface area (Å²) in [6.45, 7) is 0. The zero-order chi connectivity index (χ0) is 15.6. The van der Waals surface area contributed by atoms with Crippen LogP contribution in [0.1, 0.15) is 10.4 Å². The molecule has 6 nitrogen and oxygen atoms in total. The van der Waals surface area contributed by atoms with E-state index in [9.17, 15) is 19.3 Å². The highest BCUT2D eigenvalue weighted by Gasteiger charge is 2.24. The minimum absolute atomic E-state index is 0.141. The lowest BCUT2D eigenvalue weighted by molar-refractivity contribution is -0.383. The predicted molar refractivity (Wildman–Crippen MR) is 74.7 cm³/mol. The quantitative estimate of drug-likeness (QED) is 0.661. The third-order valence-electron chi connectivity index (χ3n) is 2.66. The number of rotatable bonds is 4. The molecule has 0 fully saturated rings. The molecule has 0 aliphatic rings. The summed E-state index contributed by atoms with van der Waals surface area (Å²) in [7, 11) is 0. The van der Waals surface area contributed by atoms with Crippen LogP contribution in [0.3, 0.4) is 0 Å². The van der Waals surface area contributed by atoms with Crippen LogP contribution in [0.5, 0.6) is 0 Å². The molecular weight excluding hydrogens is 303 g/mol. The fourth-order valence-corrected chi connectivity index (χ4v) is 1.97. The number of nitro benzene ring substituents is 1. The third-order valence-corrected chi connectivity index (χ3v) is 2.97.